The van der Waals surface area contributed by atoms with Gasteiger partial charge in [-0.3, -0.25) is 4.79 Å². The topological polar surface area (TPSA) is 38.8 Å². The Balaban J connectivity index is 1.76. The molecule has 0 spiro atoms. The molecule has 1 heterocycles. The Morgan fingerprint density at radius 1 is 1.10 bits per heavy atom. The highest BCUT2D eigenvalue weighted by molar-refractivity contribution is 6.31. The lowest BCUT2D eigenvalue weighted by Gasteiger charge is -2.28. The van der Waals surface area contributed by atoms with Crippen LogP contribution < -0.4 is 9.47 Å². The number of alkyl halides is 3. The van der Waals surface area contributed by atoms with Crippen molar-refractivity contribution in [3.05, 3.63) is 63.7 Å². The molecule has 0 saturated heterocycles. The van der Waals surface area contributed by atoms with Gasteiger partial charge in [-0.15, -0.1) is 0 Å². The number of halogens is 4. The van der Waals surface area contributed by atoms with E-state index in [0.717, 1.165) is 17.2 Å². The number of nitrogens with zero attached hydrogens (tertiary/aromatic N) is 1. The average Bonchev–Trinajstić information content (AvgIpc) is 2.70. The van der Waals surface area contributed by atoms with E-state index in [-0.39, 0.29) is 16.5 Å². The molecule has 0 aromatic heterocycles. The van der Waals surface area contributed by atoms with Crippen LogP contribution >= 0.6 is 11.6 Å². The second kappa shape index (κ2) is 8.37. The van der Waals surface area contributed by atoms with E-state index in [1.165, 1.54) is 24.3 Å². The fraction of sp³-hybridized carbons (Fsp3) is 0.286. The van der Waals surface area contributed by atoms with Gasteiger partial charge in [0.15, 0.2) is 11.5 Å². The Kier molecular flexibility index (Phi) is 6.07. The number of amides is 1. The average molecular weight is 426 g/mol. The van der Waals surface area contributed by atoms with Crippen molar-refractivity contribution in [2.75, 3.05) is 20.8 Å². The minimum absolute atomic E-state index is 0.249. The summed E-state index contributed by atoms with van der Waals surface area (Å²) in [6.45, 7) is 0.882. The number of hydrogen-bond acceptors (Lipinski definition) is 3. The highest BCUT2D eigenvalue weighted by Crippen LogP contribution is 2.36. The minimum atomic E-state index is -4.55. The van der Waals surface area contributed by atoms with Crippen molar-refractivity contribution in [3.63, 3.8) is 0 Å². The number of hydrogen-bond donors (Lipinski definition) is 0. The van der Waals surface area contributed by atoms with E-state index < -0.39 is 11.7 Å². The first-order valence-corrected chi connectivity index (χ1v) is 9.18. The Bertz CT molecular complexity index is 957. The number of carbonyl (C=O) groups excluding carboxylic acids is 1. The Labute approximate surface area is 171 Å². The van der Waals surface area contributed by atoms with Crippen molar-refractivity contribution >= 4 is 23.6 Å². The van der Waals surface area contributed by atoms with E-state index >= 15 is 0 Å². The molecule has 4 nitrogen and oxygen atoms in total. The standard InChI is InChI=1S/C21H19ClF3NO3/c1-28-18-10-14-7-8-26(12-15(14)11-19(18)29-2)20(27)6-4-13-3-5-17(22)16(9-13)21(23,24)25/h3-6,9-11H,7-8,12H2,1-2H3/b6-4+. The maximum absolute atomic E-state index is 13.0. The van der Waals surface area contributed by atoms with Crippen molar-refractivity contribution in [2.24, 2.45) is 0 Å². The number of rotatable bonds is 4. The maximum Gasteiger partial charge on any atom is 0.417 e. The monoisotopic (exact) mass is 425 g/mol. The van der Waals surface area contributed by atoms with Gasteiger partial charge >= 0.3 is 6.18 Å². The highest BCUT2D eigenvalue weighted by Gasteiger charge is 2.33. The molecule has 1 aliphatic rings. The molecule has 29 heavy (non-hydrogen) atoms. The smallest absolute Gasteiger partial charge is 0.417 e. The lowest BCUT2D eigenvalue weighted by atomic mass is 9.98. The molecule has 2 aromatic rings. The molecule has 0 unspecified atom stereocenters. The van der Waals surface area contributed by atoms with Crippen molar-refractivity contribution in [1.82, 2.24) is 4.90 Å². The van der Waals surface area contributed by atoms with E-state index in [4.69, 9.17) is 21.1 Å². The lowest BCUT2D eigenvalue weighted by molar-refractivity contribution is -0.137. The molecule has 1 amide bonds. The molecule has 0 saturated carbocycles. The van der Waals surface area contributed by atoms with Crippen LogP contribution in [0.4, 0.5) is 13.2 Å². The summed E-state index contributed by atoms with van der Waals surface area (Å²) in [5.41, 5.74) is 1.34. The summed E-state index contributed by atoms with van der Waals surface area (Å²) in [4.78, 5) is 14.2. The van der Waals surface area contributed by atoms with E-state index in [1.807, 2.05) is 12.1 Å². The number of benzene rings is 2. The van der Waals surface area contributed by atoms with Gasteiger partial charge < -0.3 is 14.4 Å². The van der Waals surface area contributed by atoms with Crippen LogP contribution in [0.3, 0.4) is 0 Å². The van der Waals surface area contributed by atoms with Crippen molar-refractivity contribution < 1.29 is 27.4 Å². The number of carbonyl (C=O) groups is 1. The Morgan fingerprint density at radius 3 is 2.38 bits per heavy atom. The Hall–Kier alpha value is -2.67. The highest BCUT2D eigenvalue weighted by atomic mass is 35.5. The summed E-state index contributed by atoms with van der Waals surface area (Å²) in [5.74, 6) is 0.931. The molecule has 0 atom stereocenters. The molecule has 0 fully saturated rings. The predicted molar refractivity (Wildman–Crippen MR) is 104 cm³/mol. The predicted octanol–water partition coefficient (Wildman–Crippen LogP) is 4.97. The van der Waals surface area contributed by atoms with Crippen molar-refractivity contribution in [2.45, 2.75) is 19.1 Å². The zero-order valence-corrected chi connectivity index (χ0v) is 16.6. The third-order valence-electron chi connectivity index (χ3n) is 4.74. The number of methoxy groups -OCH3 is 2. The van der Waals surface area contributed by atoms with E-state index in [2.05, 4.69) is 0 Å². The summed E-state index contributed by atoms with van der Waals surface area (Å²) in [7, 11) is 3.11. The molecule has 0 aliphatic carbocycles. The van der Waals surface area contributed by atoms with Gasteiger partial charge in [0.1, 0.15) is 0 Å². The third kappa shape index (κ3) is 4.67. The van der Waals surface area contributed by atoms with Crippen molar-refractivity contribution in [3.8, 4) is 11.5 Å². The first-order valence-electron chi connectivity index (χ1n) is 8.80. The van der Waals surface area contributed by atoms with E-state index in [0.29, 0.717) is 31.0 Å². The van der Waals surface area contributed by atoms with Crippen LogP contribution in [-0.2, 0) is 23.9 Å². The molecule has 8 heteroatoms. The van der Waals surface area contributed by atoms with E-state index in [1.54, 1.807) is 19.1 Å². The summed E-state index contributed by atoms with van der Waals surface area (Å²) in [6, 6.07) is 7.27. The normalized spacial score (nSPS) is 14.1. The van der Waals surface area contributed by atoms with Gasteiger partial charge in [-0.25, -0.2) is 0 Å². The molecule has 0 bridgehead atoms. The van der Waals surface area contributed by atoms with Gasteiger partial charge in [0.05, 0.1) is 24.8 Å². The second-order valence-electron chi connectivity index (χ2n) is 6.56. The fourth-order valence-corrected chi connectivity index (χ4v) is 3.43. The molecule has 0 radical (unpaired) electrons. The van der Waals surface area contributed by atoms with Gasteiger partial charge in [0, 0.05) is 19.2 Å². The quantitative estimate of drug-likeness (QED) is 0.649. The number of ether oxygens (including phenoxy) is 2. The van der Waals surface area contributed by atoms with Gasteiger partial charge in [0.25, 0.3) is 0 Å². The maximum atomic E-state index is 13.0. The van der Waals surface area contributed by atoms with Crippen LogP contribution in [0, 0.1) is 0 Å². The molecule has 1 aliphatic heterocycles. The zero-order valence-electron chi connectivity index (χ0n) is 15.8. The molecule has 3 rings (SSSR count). The van der Waals surface area contributed by atoms with Gasteiger partial charge in [0.2, 0.25) is 5.91 Å². The van der Waals surface area contributed by atoms with Crippen LogP contribution in [0.5, 0.6) is 11.5 Å². The van der Waals surface area contributed by atoms with Crippen LogP contribution in [0.15, 0.2) is 36.4 Å². The second-order valence-corrected chi connectivity index (χ2v) is 6.96. The molecule has 154 valence electrons. The molecular formula is C21H19ClF3NO3. The summed E-state index contributed by atoms with van der Waals surface area (Å²) >= 11 is 5.62. The van der Waals surface area contributed by atoms with Gasteiger partial charge in [-0.1, -0.05) is 17.7 Å². The van der Waals surface area contributed by atoms with Crippen LogP contribution in [0.1, 0.15) is 22.3 Å². The largest absolute Gasteiger partial charge is 0.493 e. The molecular weight excluding hydrogens is 407 g/mol. The lowest BCUT2D eigenvalue weighted by Crippen LogP contribution is -2.34. The van der Waals surface area contributed by atoms with Crippen LogP contribution in [-0.4, -0.2) is 31.6 Å². The third-order valence-corrected chi connectivity index (χ3v) is 5.07. The van der Waals surface area contributed by atoms with Gasteiger partial charge in [-0.05, 0) is 53.5 Å². The number of fused-ring (bicyclic) bond motifs is 1. The SMILES string of the molecule is COc1cc2c(cc1OC)CN(C(=O)/C=C/c1ccc(Cl)c(C(F)(F)F)c1)CC2. The van der Waals surface area contributed by atoms with Gasteiger partial charge in [-0.2, -0.15) is 13.2 Å². The van der Waals surface area contributed by atoms with Crippen LogP contribution in [0.25, 0.3) is 6.08 Å². The summed E-state index contributed by atoms with van der Waals surface area (Å²) in [6.07, 6.45) is -1.27. The van der Waals surface area contributed by atoms with Crippen molar-refractivity contribution in [1.29, 1.82) is 0 Å². The van der Waals surface area contributed by atoms with Crippen LogP contribution in [0.2, 0.25) is 5.02 Å². The van der Waals surface area contributed by atoms with E-state index in [9.17, 15) is 18.0 Å². The minimum Gasteiger partial charge on any atom is -0.493 e. The molecule has 2 aromatic carbocycles. The zero-order chi connectivity index (χ0) is 21.2. The summed E-state index contributed by atoms with van der Waals surface area (Å²) < 4.78 is 49.5. The first-order chi connectivity index (χ1) is 13.7. The first kappa shape index (κ1) is 21.0. The molecule has 0 N–H and O–H groups in total. The summed E-state index contributed by atoms with van der Waals surface area (Å²) in [5, 5.41) is -0.377. The fourth-order valence-electron chi connectivity index (χ4n) is 3.21. The Morgan fingerprint density at radius 2 is 1.76 bits per heavy atom.